The predicted octanol–water partition coefficient (Wildman–Crippen LogP) is 5.20. The lowest BCUT2D eigenvalue weighted by Gasteiger charge is -2.29. The van der Waals surface area contributed by atoms with E-state index in [2.05, 4.69) is 15.2 Å². The van der Waals surface area contributed by atoms with Crippen LogP contribution in [0, 0.1) is 5.82 Å². The van der Waals surface area contributed by atoms with E-state index in [9.17, 15) is 4.39 Å². The van der Waals surface area contributed by atoms with Crippen LogP contribution in [0.25, 0.3) is 5.69 Å². The van der Waals surface area contributed by atoms with E-state index >= 15 is 0 Å². The lowest BCUT2D eigenvalue weighted by molar-refractivity contribution is 0.415. The highest BCUT2D eigenvalue weighted by Crippen LogP contribution is 2.42. The molecule has 0 spiro atoms. The van der Waals surface area contributed by atoms with Gasteiger partial charge in [0.25, 0.3) is 0 Å². The summed E-state index contributed by atoms with van der Waals surface area (Å²) in [6, 6.07) is 23.8. The summed E-state index contributed by atoms with van der Waals surface area (Å²) in [7, 11) is 1.64. The Morgan fingerprint density at radius 1 is 0.969 bits per heavy atom. The molecule has 0 radical (unpaired) electrons. The lowest BCUT2D eigenvalue weighted by Crippen LogP contribution is -2.30. The normalized spacial score (nSPS) is 17.9. The van der Waals surface area contributed by atoms with E-state index in [-0.39, 0.29) is 17.9 Å². The number of anilines is 1. The third kappa shape index (κ3) is 3.61. The van der Waals surface area contributed by atoms with Gasteiger partial charge in [-0.15, -0.1) is 0 Å². The molecule has 0 amide bonds. The van der Waals surface area contributed by atoms with Gasteiger partial charge in [0.05, 0.1) is 18.8 Å². The third-order valence-electron chi connectivity index (χ3n) is 5.62. The number of nitrogens with zero attached hydrogens (tertiary/aromatic N) is 3. The second kappa shape index (κ2) is 8.43. The molecular weight excluding hydrogens is 423 g/mol. The Hall–Kier alpha value is -3.71. The molecule has 0 saturated carbocycles. The number of nitrogens with one attached hydrogen (secondary N) is 1. The molecule has 7 heteroatoms. The van der Waals surface area contributed by atoms with Gasteiger partial charge >= 0.3 is 0 Å². The molecule has 2 aromatic carbocycles. The minimum Gasteiger partial charge on any atom is -0.497 e. The van der Waals surface area contributed by atoms with Crippen LogP contribution >= 0.6 is 12.2 Å². The van der Waals surface area contributed by atoms with Crippen LogP contribution in [0.4, 0.5) is 10.1 Å². The molecule has 1 N–H and O–H groups in total. The van der Waals surface area contributed by atoms with Crippen molar-refractivity contribution in [1.29, 1.82) is 0 Å². The van der Waals surface area contributed by atoms with Crippen LogP contribution < -0.4 is 15.0 Å². The van der Waals surface area contributed by atoms with Crippen LogP contribution in [0.3, 0.4) is 0 Å². The molecule has 1 saturated heterocycles. The molecule has 0 bridgehead atoms. The summed E-state index contributed by atoms with van der Waals surface area (Å²) < 4.78 is 21.3. The van der Waals surface area contributed by atoms with Crippen molar-refractivity contribution in [3.05, 3.63) is 108 Å². The number of thiocarbonyl (C=S) groups is 1. The van der Waals surface area contributed by atoms with E-state index in [1.807, 2.05) is 71.4 Å². The quantitative estimate of drug-likeness (QED) is 0.429. The SMILES string of the molecule is COc1ccc(N2C(=S)N[C@H](c3ccccn3)[C@@H]2c2cccn2-c2cccc(F)c2)cc1. The fraction of sp³-hybridized carbons (Fsp3) is 0.120. The van der Waals surface area contributed by atoms with Gasteiger partial charge in [0.15, 0.2) is 5.11 Å². The van der Waals surface area contributed by atoms with Crippen molar-refractivity contribution in [3.63, 3.8) is 0 Å². The van der Waals surface area contributed by atoms with Crippen molar-refractivity contribution < 1.29 is 9.13 Å². The van der Waals surface area contributed by atoms with Gasteiger partial charge in [-0.1, -0.05) is 12.1 Å². The molecule has 5 rings (SSSR count). The minimum atomic E-state index is -0.282. The number of hydrogen-bond donors (Lipinski definition) is 1. The van der Waals surface area contributed by atoms with Crippen molar-refractivity contribution in [2.24, 2.45) is 0 Å². The molecule has 0 unspecified atom stereocenters. The third-order valence-corrected chi connectivity index (χ3v) is 5.93. The first-order valence-electron chi connectivity index (χ1n) is 10.2. The van der Waals surface area contributed by atoms with Crippen LogP contribution in [-0.2, 0) is 0 Å². The zero-order valence-corrected chi connectivity index (χ0v) is 18.2. The van der Waals surface area contributed by atoms with Crippen molar-refractivity contribution in [2.45, 2.75) is 12.1 Å². The molecule has 1 aliphatic heterocycles. The standard InChI is InChI=1S/C25H21FN4OS/c1-31-20-12-10-18(11-13-20)30-24(23(28-25(30)32)21-8-2-3-14-27-21)22-9-5-15-29(22)19-7-4-6-17(26)16-19/h2-16,23-24H,1H3,(H,28,32)/t23-,24+/m1/s1. The number of halogens is 1. The van der Waals surface area contributed by atoms with Crippen LogP contribution in [0.2, 0.25) is 0 Å². The number of ether oxygens (including phenoxy) is 1. The first kappa shape index (κ1) is 20.2. The van der Waals surface area contributed by atoms with Crippen LogP contribution in [0.15, 0.2) is 91.3 Å². The fourth-order valence-electron chi connectivity index (χ4n) is 4.17. The predicted molar refractivity (Wildman–Crippen MR) is 127 cm³/mol. The van der Waals surface area contributed by atoms with Crippen molar-refractivity contribution in [2.75, 3.05) is 12.0 Å². The topological polar surface area (TPSA) is 42.3 Å². The highest BCUT2D eigenvalue weighted by Gasteiger charge is 2.42. The monoisotopic (exact) mass is 444 g/mol. The minimum absolute atomic E-state index is 0.187. The van der Waals surface area contributed by atoms with Crippen molar-refractivity contribution in [3.8, 4) is 11.4 Å². The summed E-state index contributed by atoms with van der Waals surface area (Å²) in [5.41, 5.74) is 3.52. The van der Waals surface area contributed by atoms with Gasteiger partial charge in [0.1, 0.15) is 17.6 Å². The molecule has 3 heterocycles. The van der Waals surface area contributed by atoms with Gasteiger partial charge in [-0.2, -0.15) is 0 Å². The second-order valence-electron chi connectivity index (χ2n) is 7.48. The number of benzene rings is 2. The Morgan fingerprint density at radius 2 is 1.81 bits per heavy atom. The Morgan fingerprint density at radius 3 is 2.53 bits per heavy atom. The Bertz CT molecular complexity index is 1240. The number of aromatic nitrogens is 2. The number of pyridine rings is 1. The molecule has 32 heavy (non-hydrogen) atoms. The fourth-order valence-corrected chi connectivity index (χ4v) is 4.52. The Labute approximate surface area is 191 Å². The first-order chi connectivity index (χ1) is 15.7. The zero-order chi connectivity index (χ0) is 22.1. The van der Waals surface area contributed by atoms with Crippen LogP contribution in [0.1, 0.15) is 23.5 Å². The van der Waals surface area contributed by atoms with Gasteiger partial charge < -0.3 is 19.5 Å². The molecule has 0 aliphatic carbocycles. The average Bonchev–Trinajstić information content (AvgIpc) is 3.44. The average molecular weight is 445 g/mol. The molecular formula is C25H21FN4OS. The zero-order valence-electron chi connectivity index (χ0n) is 17.4. The summed E-state index contributed by atoms with van der Waals surface area (Å²) >= 11 is 5.78. The maximum atomic E-state index is 14.0. The van der Waals surface area contributed by atoms with Crippen LogP contribution in [-0.4, -0.2) is 21.8 Å². The van der Waals surface area contributed by atoms with Crippen molar-refractivity contribution in [1.82, 2.24) is 14.9 Å². The van der Waals surface area contributed by atoms with E-state index in [1.165, 1.54) is 12.1 Å². The molecule has 5 nitrogen and oxygen atoms in total. The molecule has 2 atom stereocenters. The van der Waals surface area contributed by atoms with E-state index in [0.29, 0.717) is 5.11 Å². The van der Waals surface area contributed by atoms with Gasteiger partial charge in [0.2, 0.25) is 0 Å². The van der Waals surface area contributed by atoms with E-state index in [0.717, 1.165) is 28.5 Å². The second-order valence-corrected chi connectivity index (χ2v) is 7.86. The van der Waals surface area contributed by atoms with Crippen molar-refractivity contribution >= 4 is 23.0 Å². The summed E-state index contributed by atoms with van der Waals surface area (Å²) in [6.07, 6.45) is 3.71. The first-order valence-corrected chi connectivity index (χ1v) is 10.6. The molecule has 1 aliphatic rings. The maximum Gasteiger partial charge on any atom is 0.174 e. The summed E-state index contributed by atoms with van der Waals surface area (Å²) in [4.78, 5) is 6.67. The molecule has 4 aromatic rings. The smallest absolute Gasteiger partial charge is 0.174 e. The number of rotatable bonds is 5. The molecule has 2 aromatic heterocycles. The summed E-state index contributed by atoms with van der Waals surface area (Å²) in [5.74, 6) is 0.489. The van der Waals surface area contributed by atoms with Gasteiger partial charge in [-0.3, -0.25) is 4.98 Å². The maximum absolute atomic E-state index is 14.0. The van der Waals surface area contributed by atoms with Gasteiger partial charge in [-0.25, -0.2) is 4.39 Å². The Balaban J connectivity index is 1.65. The molecule has 160 valence electrons. The van der Waals surface area contributed by atoms with E-state index in [4.69, 9.17) is 17.0 Å². The van der Waals surface area contributed by atoms with E-state index in [1.54, 1.807) is 19.4 Å². The summed E-state index contributed by atoms with van der Waals surface area (Å²) in [5, 5.41) is 4.05. The number of hydrogen-bond acceptors (Lipinski definition) is 3. The van der Waals surface area contributed by atoms with E-state index < -0.39 is 0 Å². The van der Waals surface area contributed by atoms with Gasteiger partial charge in [-0.05, 0) is 78.9 Å². The molecule has 1 fully saturated rings. The van der Waals surface area contributed by atoms with Gasteiger partial charge in [0, 0.05) is 29.5 Å². The highest BCUT2D eigenvalue weighted by molar-refractivity contribution is 7.80. The largest absolute Gasteiger partial charge is 0.497 e. The lowest BCUT2D eigenvalue weighted by atomic mass is 10.0. The summed E-state index contributed by atoms with van der Waals surface area (Å²) in [6.45, 7) is 0. The number of methoxy groups -OCH3 is 1. The Kier molecular flexibility index (Phi) is 5.33. The van der Waals surface area contributed by atoms with Crippen LogP contribution in [0.5, 0.6) is 5.75 Å². The highest BCUT2D eigenvalue weighted by atomic mass is 32.1.